The summed E-state index contributed by atoms with van der Waals surface area (Å²) in [6, 6.07) is 18.8. The minimum atomic E-state index is -0.258. The average Bonchev–Trinajstić information content (AvgIpc) is 2.73. The normalized spacial score (nSPS) is 10.9. The van der Waals surface area contributed by atoms with E-state index in [0.717, 1.165) is 16.8 Å². The number of hydrogen-bond acceptors (Lipinski definition) is 6. The fourth-order valence-electron chi connectivity index (χ4n) is 2.51. The van der Waals surface area contributed by atoms with Crippen LogP contribution in [-0.4, -0.2) is 21.6 Å². The largest absolute Gasteiger partial charge is 0.379 e. The lowest BCUT2D eigenvalue weighted by molar-refractivity contribution is 0.995. The van der Waals surface area contributed by atoms with Crippen LogP contribution in [0.3, 0.4) is 0 Å². The zero-order valence-corrected chi connectivity index (χ0v) is 16.0. The summed E-state index contributed by atoms with van der Waals surface area (Å²) in [5, 5.41) is 21.9. The summed E-state index contributed by atoms with van der Waals surface area (Å²) in [7, 11) is 0. The smallest absolute Gasteiger partial charge is 0.264 e. The van der Waals surface area contributed by atoms with E-state index in [0.29, 0.717) is 23.1 Å². The van der Waals surface area contributed by atoms with Gasteiger partial charge in [0.05, 0.1) is 17.1 Å². The molecule has 0 amide bonds. The van der Waals surface area contributed by atoms with Crippen LogP contribution in [-0.2, 0) is 6.54 Å². The molecule has 0 aliphatic rings. The summed E-state index contributed by atoms with van der Waals surface area (Å²) in [4.78, 5) is 15.8. The average molecular weight is 390 g/mol. The second kappa shape index (κ2) is 9.39. The quantitative estimate of drug-likeness (QED) is 0.267. The molecule has 0 bridgehead atoms. The summed E-state index contributed by atoms with van der Waals surface area (Å²) in [6.07, 6.45) is 3.74. The molecule has 2 aromatic carbocycles. The summed E-state index contributed by atoms with van der Waals surface area (Å²) >= 11 is 1.34. The number of aromatic amines is 1. The van der Waals surface area contributed by atoms with Crippen LogP contribution >= 0.6 is 11.8 Å². The molecule has 0 aliphatic carbocycles. The van der Waals surface area contributed by atoms with Crippen molar-refractivity contribution in [2.75, 3.05) is 11.6 Å². The van der Waals surface area contributed by atoms with E-state index in [9.17, 15) is 4.79 Å². The molecule has 3 aromatic rings. The topological polar surface area (TPSA) is 106 Å². The van der Waals surface area contributed by atoms with E-state index in [4.69, 9.17) is 5.26 Å². The maximum atomic E-state index is 11.3. The molecular formula is C20H18N6OS. The molecule has 0 unspecified atom stereocenters. The molecule has 8 heteroatoms. The number of amidine groups is 1. The van der Waals surface area contributed by atoms with Crippen molar-refractivity contribution < 1.29 is 0 Å². The second-order valence-electron chi connectivity index (χ2n) is 5.74. The SMILES string of the molecule is CSC(=Nc1cc(-c2ccc(=O)[nH]n2)ccc1NCc1ccccc1)NC#N. The summed E-state index contributed by atoms with van der Waals surface area (Å²) in [6.45, 7) is 0.639. The van der Waals surface area contributed by atoms with Gasteiger partial charge in [0.25, 0.3) is 5.56 Å². The number of nitrogens with one attached hydrogen (secondary N) is 3. The van der Waals surface area contributed by atoms with Gasteiger partial charge in [0, 0.05) is 18.2 Å². The van der Waals surface area contributed by atoms with Gasteiger partial charge in [-0.25, -0.2) is 10.1 Å². The van der Waals surface area contributed by atoms with E-state index in [1.807, 2.05) is 61.0 Å². The lowest BCUT2D eigenvalue weighted by atomic mass is 10.1. The van der Waals surface area contributed by atoms with Crippen LogP contribution < -0.4 is 16.2 Å². The number of nitrogens with zero attached hydrogens (tertiary/aromatic N) is 3. The van der Waals surface area contributed by atoms with Crippen molar-refractivity contribution in [1.29, 1.82) is 5.26 Å². The second-order valence-corrected chi connectivity index (χ2v) is 6.53. The van der Waals surface area contributed by atoms with Gasteiger partial charge in [-0.3, -0.25) is 10.1 Å². The lowest BCUT2D eigenvalue weighted by Gasteiger charge is -2.12. The van der Waals surface area contributed by atoms with E-state index < -0.39 is 0 Å². The molecule has 1 aromatic heterocycles. The monoisotopic (exact) mass is 390 g/mol. The fraction of sp³-hybridized carbons (Fsp3) is 0.100. The van der Waals surface area contributed by atoms with Gasteiger partial charge in [-0.05, 0) is 30.0 Å². The highest BCUT2D eigenvalue weighted by Gasteiger charge is 2.08. The molecule has 0 radical (unpaired) electrons. The molecule has 3 N–H and O–H groups in total. The van der Waals surface area contributed by atoms with Gasteiger partial charge in [0.2, 0.25) is 0 Å². The summed E-state index contributed by atoms with van der Waals surface area (Å²) < 4.78 is 0. The van der Waals surface area contributed by atoms with Gasteiger partial charge in [0.15, 0.2) is 11.4 Å². The highest BCUT2D eigenvalue weighted by Crippen LogP contribution is 2.31. The number of nitriles is 1. The van der Waals surface area contributed by atoms with Gasteiger partial charge in [-0.2, -0.15) is 10.4 Å². The number of anilines is 1. The number of hydrogen-bond donors (Lipinski definition) is 3. The van der Waals surface area contributed by atoms with Crippen molar-refractivity contribution >= 4 is 28.3 Å². The van der Waals surface area contributed by atoms with Crippen molar-refractivity contribution in [3.63, 3.8) is 0 Å². The molecule has 3 rings (SSSR count). The number of aliphatic imine (C=N–C) groups is 1. The van der Waals surface area contributed by atoms with Gasteiger partial charge in [-0.1, -0.05) is 48.2 Å². The third-order valence-electron chi connectivity index (χ3n) is 3.88. The summed E-state index contributed by atoms with van der Waals surface area (Å²) in [5.74, 6) is 0. The summed E-state index contributed by atoms with van der Waals surface area (Å²) in [5.41, 5.74) is 3.80. The van der Waals surface area contributed by atoms with Crippen LogP contribution in [0.1, 0.15) is 5.56 Å². The first kappa shape index (κ1) is 19.2. The molecule has 1 heterocycles. The minimum absolute atomic E-state index is 0.258. The standard InChI is InChI=1S/C20H18N6OS/c1-28-20(23-13-21)24-18-11-15(16-9-10-19(27)26-25-16)7-8-17(18)22-12-14-5-3-2-4-6-14/h2-11,22H,12H2,1H3,(H,23,24)(H,26,27). The number of thioether (sulfide) groups is 1. The maximum Gasteiger partial charge on any atom is 0.264 e. The first-order chi connectivity index (χ1) is 13.7. The van der Waals surface area contributed by atoms with Gasteiger partial charge in [0.1, 0.15) is 0 Å². The van der Waals surface area contributed by atoms with Gasteiger partial charge >= 0.3 is 0 Å². The maximum absolute atomic E-state index is 11.3. The Kier molecular flexibility index (Phi) is 6.44. The van der Waals surface area contributed by atoms with E-state index in [-0.39, 0.29) is 5.56 Å². The van der Waals surface area contributed by atoms with Crippen molar-refractivity contribution in [3.8, 4) is 17.5 Å². The highest BCUT2D eigenvalue weighted by atomic mass is 32.2. The predicted molar refractivity (Wildman–Crippen MR) is 113 cm³/mol. The number of aromatic nitrogens is 2. The third-order valence-corrected chi connectivity index (χ3v) is 4.46. The molecular weight excluding hydrogens is 372 g/mol. The molecule has 7 nitrogen and oxygen atoms in total. The minimum Gasteiger partial charge on any atom is -0.379 e. The van der Waals surface area contributed by atoms with E-state index in [1.165, 1.54) is 17.8 Å². The Labute approximate surface area is 166 Å². The first-order valence-electron chi connectivity index (χ1n) is 8.45. The zero-order valence-electron chi connectivity index (χ0n) is 15.1. The Hall–Kier alpha value is -3.57. The van der Waals surface area contributed by atoms with Gasteiger partial charge < -0.3 is 5.32 Å². The van der Waals surface area contributed by atoms with Crippen LogP contribution in [0, 0.1) is 11.5 Å². The predicted octanol–water partition coefficient (Wildman–Crippen LogP) is 3.47. The van der Waals surface area contributed by atoms with E-state index in [2.05, 4.69) is 25.8 Å². The third kappa shape index (κ3) is 4.99. The molecule has 140 valence electrons. The van der Waals surface area contributed by atoms with Crippen LogP contribution in [0.4, 0.5) is 11.4 Å². The van der Waals surface area contributed by atoms with E-state index in [1.54, 1.807) is 6.07 Å². The van der Waals surface area contributed by atoms with Crippen molar-refractivity contribution in [2.24, 2.45) is 4.99 Å². The van der Waals surface area contributed by atoms with Crippen molar-refractivity contribution in [3.05, 3.63) is 76.6 Å². The number of rotatable bonds is 5. The molecule has 0 saturated carbocycles. The first-order valence-corrected chi connectivity index (χ1v) is 9.68. The van der Waals surface area contributed by atoms with Crippen LogP contribution in [0.25, 0.3) is 11.3 Å². The molecule has 0 saturated heterocycles. The van der Waals surface area contributed by atoms with Crippen LogP contribution in [0.15, 0.2) is 70.5 Å². The Balaban J connectivity index is 1.96. The lowest BCUT2D eigenvalue weighted by Crippen LogP contribution is -2.12. The number of benzene rings is 2. The van der Waals surface area contributed by atoms with E-state index >= 15 is 0 Å². The Morgan fingerprint density at radius 1 is 1.21 bits per heavy atom. The molecule has 0 aliphatic heterocycles. The Bertz CT molecular complexity index is 1050. The van der Waals surface area contributed by atoms with Crippen LogP contribution in [0.5, 0.6) is 0 Å². The van der Waals surface area contributed by atoms with Crippen molar-refractivity contribution in [2.45, 2.75) is 6.54 Å². The molecule has 0 spiro atoms. The van der Waals surface area contributed by atoms with Gasteiger partial charge in [-0.15, -0.1) is 0 Å². The van der Waals surface area contributed by atoms with Crippen LogP contribution in [0.2, 0.25) is 0 Å². The molecule has 28 heavy (non-hydrogen) atoms. The zero-order chi connectivity index (χ0) is 19.8. The highest BCUT2D eigenvalue weighted by molar-refractivity contribution is 8.13. The number of H-pyrrole nitrogens is 1. The molecule has 0 atom stereocenters. The Morgan fingerprint density at radius 3 is 2.71 bits per heavy atom. The Morgan fingerprint density at radius 2 is 2.04 bits per heavy atom. The molecule has 0 fully saturated rings. The fourth-order valence-corrected chi connectivity index (χ4v) is 2.85. The van der Waals surface area contributed by atoms with Crippen molar-refractivity contribution in [1.82, 2.24) is 15.5 Å².